The molecule has 16 heavy (non-hydrogen) atoms. The molecule has 2 heterocycles. The van der Waals surface area contributed by atoms with E-state index in [0.29, 0.717) is 0 Å². The normalized spacial score (nSPS) is 10.6. The van der Waals surface area contributed by atoms with Gasteiger partial charge in [0.25, 0.3) is 0 Å². The molecule has 2 aromatic heterocycles. The van der Waals surface area contributed by atoms with Gasteiger partial charge in [0.2, 0.25) is 0 Å². The van der Waals surface area contributed by atoms with Gasteiger partial charge in [0, 0.05) is 24.8 Å². The molecule has 5 heteroatoms. The zero-order chi connectivity index (χ0) is 11.2. The van der Waals surface area contributed by atoms with Crippen molar-refractivity contribution in [3.8, 4) is 0 Å². The van der Waals surface area contributed by atoms with Crippen molar-refractivity contribution >= 4 is 0 Å². The first-order valence-corrected chi connectivity index (χ1v) is 5.17. The Kier molecular flexibility index (Phi) is 3.50. The van der Waals surface area contributed by atoms with Crippen LogP contribution in [0.4, 0.5) is 0 Å². The van der Waals surface area contributed by atoms with Gasteiger partial charge in [-0.25, -0.2) is 0 Å². The van der Waals surface area contributed by atoms with Crippen molar-refractivity contribution < 1.29 is 0 Å². The molecule has 2 rings (SSSR count). The molecule has 0 radical (unpaired) electrons. The van der Waals surface area contributed by atoms with Gasteiger partial charge in [-0.3, -0.25) is 19.9 Å². The summed E-state index contributed by atoms with van der Waals surface area (Å²) in [5, 5.41) is 3.31. The first-order chi connectivity index (χ1) is 7.92. The third kappa shape index (κ3) is 2.38. The van der Waals surface area contributed by atoms with Crippen LogP contribution in [0.1, 0.15) is 24.4 Å². The summed E-state index contributed by atoms with van der Waals surface area (Å²) in [4.78, 5) is 16.7. The fraction of sp³-hybridized carbons (Fsp3) is 0.273. The topological polar surface area (TPSA) is 63.6 Å². The Morgan fingerprint density at radius 2 is 1.56 bits per heavy atom. The van der Waals surface area contributed by atoms with Crippen molar-refractivity contribution in [2.45, 2.75) is 13.0 Å². The second-order valence-electron chi connectivity index (χ2n) is 3.25. The van der Waals surface area contributed by atoms with E-state index in [9.17, 15) is 0 Å². The predicted molar refractivity (Wildman–Crippen MR) is 59.6 cm³/mol. The van der Waals surface area contributed by atoms with Gasteiger partial charge in [0.05, 0.1) is 29.8 Å². The van der Waals surface area contributed by atoms with E-state index in [1.165, 1.54) is 0 Å². The number of hydrogen-bond donors (Lipinski definition) is 1. The Hall–Kier alpha value is -1.88. The van der Waals surface area contributed by atoms with E-state index in [2.05, 4.69) is 25.3 Å². The maximum atomic E-state index is 4.28. The van der Waals surface area contributed by atoms with Crippen LogP contribution in [0.15, 0.2) is 37.2 Å². The van der Waals surface area contributed by atoms with Gasteiger partial charge in [-0.15, -0.1) is 0 Å². The molecule has 0 aromatic carbocycles. The molecule has 0 saturated heterocycles. The summed E-state index contributed by atoms with van der Waals surface area (Å²) < 4.78 is 0. The van der Waals surface area contributed by atoms with Crippen LogP contribution in [-0.4, -0.2) is 26.5 Å². The summed E-state index contributed by atoms with van der Waals surface area (Å²) in [6.07, 6.45) is 10.1. The molecule has 0 spiro atoms. The van der Waals surface area contributed by atoms with Gasteiger partial charge in [0.15, 0.2) is 0 Å². The number of nitrogens with zero attached hydrogens (tertiary/aromatic N) is 4. The van der Waals surface area contributed by atoms with E-state index in [1.807, 2.05) is 6.92 Å². The lowest BCUT2D eigenvalue weighted by atomic mass is 10.1. The van der Waals surface area contributed by atoms with Gasteiger partial charge in [0.1, 0.15) is 0 Å². The Balaban J connectivity index is 2.31. The Morgan fingerprint density at radius 3 is 1.94 bits per heavy atom. The van der Waals surface area contributed by atoms with Gasteiger partial charge in [-0.2, -0.15) is 0 Å². The molecule has 0 aliphatic rings. The minimum absolute atomic E-state index is 0.0487. The van der Waals surface area contributed by atoms with Crippen molar-refractivity contribution in [1.82, 2.24) is 25.3 Å². The molecule has 0 aliphatic heterocycles. The molecule has 0 amide bonds. The highest BCUT2D eigenvalue weighted by molar-refractivity contribution is 5.16. The molecule has 2 aromatic rings. The van der Waals surface area contributed by atoms with E-state index in [1.54, 1.807) is 37.2 Å². The van der Waals surface area contributed by atoms with Crippen molar-refractivity contribution in [2.24, 2.45) is 0 Å². The third-order valence-corrected chi connectivity index (χ3v) is 2.17. The van der Waals surface area contributed by atoms with Crippen LogP contribution in [0, 0.1) is 0 Å². The highest BCUT2D eigenvalue weighted by Gasteiger charge is 2.15. The lowest BCUT2D eigenvalue weighted by Crippen LogP contribution is -2.24. The quantitative estimate of drug-likeness (QED) is 0.823. The maximum Gasteiger partial charge on any atom is 0.0956 e. The maximum absolute atomic E-state index is 4.28. The van der Waals surface area contributed by atoms with Crippen molar-refractivity contribution in [2.75, 3.05) is 6.54 Å². The molecule has 82 valence electrons. The highest BCUT2D eigenvalue weighted by Crippen LogP contribution is 2.15. The fourth-order valence-electron chi connectivity index (χ4n) is 1.48. The zero-order valence-electron chi connectivity index (χ0n) is 9.04. The Labute approximate surface area is 94.0 Å². The van der Waals surface area contributed by atoms with Crippen LogP contribution in [0.5, 0.6) is 0 Å². The number of rotatable bonds is 4. The Bertz CT molecular complexity index is 377. The van der Waals surface area contributed by atoms with E-state index in [-0.39, 0.29) is 6.04 Å². The average Bonchev–Trinajstić information content (AvgIpc) is 2.38. The second kappa shape index (κ2) is 5.27. The van der Waals surface area contributed by atoms with Gasteiger partial charge in [-0.1, -0.05) is 6.92 Å². The van der Waals surface area contributed by atoms with Crippen molar-refractivity contribution in [3.05, 3.63) is 48.6 Å². The van der Waals surface area contributed by atoms with E-state index in [4.69, 9.17) is 0 Å². The van der Waals surface area contributed by atoms with Crippen LogP contribution >= 0.6 is 0 Å². The standard InChI is InChI=1S/C11H13N5/c1-2-14-11(9-7-12-3-5-15-9)10-8-13-4-6-16-10/h3-8,11,14H,2H2,1H3. The number of hydrogen-bond acceptors (Lipinski definition) is 5. The van der Waals surface area contributed by atoms with E-state index in [0.717, 1.165) is 17.9 Å². The van der Waals surface area contributed by atoms with Crippen LogP contribution in [0.2, 0.25) is 0 Å². The summed E-state index contributed by atoms with van der Waals surface area (Å²) in [5.41, 5.74) is 1.70. The summed E-state index contributed by atoms with van der Waals surface area (Å²) in [7, 11) is 0. The molecule has 0 atom stereocenters. The zero-order valence-corrected chi connectivity index (χ0v) is 9.04. The monoisotopic (exact) mass is 215 g/mol. The summed E-state index contributed by atoms with van der Waals surface area (Å²) >= 11 is 0. The van der Waals surface area contributed by atoms with Gasteiger partial charge in [-0.05, 0) is 6.54 Å². The average molecular weight is 215 g/mol. The van der Waals surface area contributed by atoms with Crippen LogP contribution in [0.3, 0.4) is 0 Å². The number of nitrogens with one attached hydrogen (secondary N) is 1. The SMILES string of the molecule is CCNC(c1cnccn1)c1cnccn1. The lowest BCUT2D eigenvalue weighted by Gasteiger charge is -2.15. The van der Waals surface area contributed by atoms with Crippen LogP contribution in [0.25, 0.3) is 0 Å². The molecule has 0 fully saturated rings. The van der Waals surface area contributed by atoms with Crippen LogP contribution < -0.4 is 5.32 Å². The summed E-state index contributed by atoms with van der Waals surface area (Å²) in [6.45, 7) is 2.87. The van der Waals surface area contributed by atoms with Crippen molar-refractivity contribution in [1.29, 1.82) is 0 Å². The second-order valence-corrected chi connectivity index (χ2v) is 3.25. The summed E-state index contributed by atoms with van der Waals surface area (Å²) in [5.74, 6) is 0. The van der Waals surface area contributed by atoms with Gasteiger partial charge < -0.3 is 5.32 Å². The predicted octanol–water partition coefficient (Wildman–Crippen LogP) is 0.965. The van der Waals surface area contributed by atoms with E-state index < -0.39 is 0 Å². The summed E-state index contributed by atoms with van der Waals surface area (Å²) in [6, 6.07) is -0.0487. The fourth-order valence-corrected chi connectivity index (χ4v) is 1.48. The molecule has 0 saturated carbocycles. The van der Waals surface area contributed by atoms with Crippen molar-refractivity contribution in [3.63, 3.8) is 0 Å². The first kappa shape index (κ1) is 10.6. The molecule has 0 bridgehead atoms. The minimum atomic E-state index is -0.0487. The molecule has 0 aliphatic carbocycles. The highest BCUT2D eigenvalue weighted by atomic mass is 15.0. The lowest BCUT2D eigenvalue weighted by molar-refractivity contribution is 0.596. The molecule has 5 nitrogen and oxygen atoms in total. The first-order valence-electron chi connectivity index (χ1n) is 5.17. The molecular formula is C11H13N5. The minimum Gasteiger partial charge on any atom is -0.304 e. The van der Waals surface area contributed by atoms with Gasteiger partial charge >= 0.3 is 0 Å². The third-order valence-electron chi connectivity index (χ3n) is 2.17. The molecule has 1 N–H and O–H groups in total. The molecular weight excluding hydrogens is 202 g/mol. The smallest absolute Gasteiger partial charge is 0.0956 e. The van der Waals surface area contributed by atoms with Crippen LogP contribution in [-0.2, 0) is 0 Å². The Morgan fingerprint density at radius 1 is 1.00 bits per heavy atom. The molecule has 0 unspecified atom stereocenters. The largest absolute Gasteiger partial charge is 0.304 e. The number of aromatic nitrogens is 4. The van der Waals surface area contributed by atoms with E-state index >= 15 is 0 Å².